The van der Waals surface area contributed by atoms with Crippen molar-refractivity contribution in [1.82, 2.24) is 0 Å². The van der Waals surface area contributed by atoms with E-state index in [1.807, 2.05) is 0 Å². The van der Waals surface area contributed by atoms with Crippen molar-refractivity contribution in [3.63, 3.8) is 0 Å². The van der Waals surface area contributed by atoms with Gasteiger partial charge < -0.3 is 9.53 Å². The third kappa shape index (κ3) is 2.60. The lowest BCUT2D eigenvalue weighted by molar-refractivity contribution is 0.0573. The molecular formula is C21H34O2Si. The summed E-state index contributed by atoms with van der Waals surface area (Å²) in [6.07, 6.45) is 1.86. The van der Waals surface area contributed by atoms with Gasteiger partial charge in [0.15, 0.2) is 0 Å². The minimum absolute atomic E-state index is 0.110. The van der Waals surface area contributed by atoms with Gasteiger partial charge in [-0.3, -0.25) is 0 Å². The lowest BCUT2D eigenvalue weighted by Crippen LogP contribution is -2.65. The number of rotatable bonds is 1. The van der Waals surface area contributed by atoms with Crippen LogP contribution in [0.2, 0.25) is 10.1 Å². The van der Waals surface area contributed by atoms with E-state index in [4.69, 9.17) is 4.43 Å². The number of fused-ring (bicyclic) bond motifs is 1. The summed E-state index contributed by atoms with van der Waals surface area (Å²) in [7, 11) is -2.24. The predicted octanol–water partition coefficient (Wildman–Crippen LogP) is 5.27. The molecule has 0 unspecified atom stereocenters. The molecule has 1 aromatic carbocycles. The fourth-order valence-electron chi connectivity index (χ4n) is 5.98. The van der Waals surface area contributed by atoms with Crippen LogP contribution in [-0.4, -0.2) is 26.1 Å². The van der Waals surface area contributed by atoms with Gasteiger partial charge in [0.25, 0.3) is 0 Å². The highest BCUT2D eigenvalue weighted by Crippen LogP contribution is 2.64. The van der Waals surface area contributed by atoms with Gasteiger partial charge in [-0.2, -0.15) is 0 Å². The van der Waals surface area contributed by atoms with E-state index < -0.39 is 8.32 Å². The number of benzene rings is 1. The molecule has 4 atom stereocenters. The fraction of sp³-hybridized carbons (Fsp3) is 0.714. The number of aliphatic hydroxyl groups is 1. The molecule has 24 heavy (non-hydrogen) atoms. The van der Waals surface area contributed by atoms with E-state index in [1.54, 1.807) is 0 Å². The molecule has 0 bridgehead atoms. The van der Waals surface area contributed by atoms with Gasteiger partial charge in [0.1, 0.15) is 0 Å². The van der Waals surface area contributed by atoms with Gasteiger partial charge in [-0.15, -0.1) is 0 Å². The molecule has 2 aliphatic rings. The Hall–Kier alpha value is -0.643. The minimum atomic E-state index is -2.24. The summed E-state index contributed by atoms with van der Waals surface area (Å²) in [6, 6.07) is 10.9. The van der Waals surface area contributed by atoms with Crippen LogP contribution in [-0.2, 0) is 4.43 Å². The second kappa shape index (κ2) is 5.96. The maximum atomic E-state index is 10.9. The van der Waals surface area contributed by atoms with Crippen molar-refractivity contribution in [2.75, 3.05) is 6.61 Å². The summed E-state index contributed by atoms with van der Waals surface area (Å²) in [5.41, 5.74) is 1.74. The van der Waals surface area contributed by atoms with Crippen LogP contribution in [0, 0.1) is 11.8 Å². The first-order valence-corrected chi connectivity index (χ1v) is 11.4. The average Bonchev–Trinajstić information content (AvgIpc) is 2.86. The maximum absolute atomic E-state index is 10.9. The van der Waals surface area contributed by atoms with Crippen LogP contribution in [0.5, 0.6) is 0 Å². The molecule has 1 heterocycles. The van der Waals surface area contributed by atoms with Gasteiger partial charge in [0.05, 0.1) is 6.10 Å². The van der Waals surface area contributed by atoms with Crippen LogP contribution in [0.4, 0.5) is 0 Å². The van der Waals surface area contributed by atoms with Crippen molar-refractivity contribution < 1.29 is 9.53 Å². The molecule has 1 saturated carbocycles. The standard InChI is InChI=1S/C21H34O2Si/c1-20(2,3)24(21(4,5)6)19(15-10-8-7-9-11-15)18-16(14-23-24)12-13-17(18)22/h7-11,16-19,22H,12-14H2,1-6H3/t16-,17-,18+,19+/m1/s1. The lowest BCUT2D eigenvalue weighted by Gasteiger charge is -2.60. The highest BCUT2D eigenvalue weighted by Gasteiger charge is 2.66. The van der Waals surface area contributed by atoms with Crippen LogP contribution in [0.3, 0.4) is 0 Å². The SMILES string of the molecule is CC(C)(C)[Si]1(C(C)(C)C)OC[C@H]2CC[C@@H](O)[C@H]2[C@@H]1c1ccccc1. The molecule has 1 aliphatic carbocycles. The van der Waals surface area contributed by atoms with Crippen molar-refractivity contribution in [2.45, 2.75) is 76.1 Å². The first kappa shape index (κ1) is 18.2. The monoisotopic (exact) mass is 346 g/mol. The second-order valence-electron chi connectivity index (χ2n) is 9.92. The van der Waals surface area contributed by atoms with Crippen molar-refractivity contribution in [3.8, 4) is 0 Å². The molecule has 1 aliphatic heterocycles. The molecule has 3 rings (SSSR count). The maximum Gasteiger partial charge on any atom is 0.211 e. The number of hydrogen-bond donors (Lipinski definition) is 1. The summed E-state index contributed by atoms with van der Waals surface area (Å²) in [5, 5.41) is 11.1. The Balaban J connectivity index is 2.23. The van der Waals surface area contributed by atoms with Crippen LogP contribution >= 0.6 is 0 Å². The summed E-state index contributed by atoms with van der Waals surface area (Å²) in [5.74, 6) is 0.863. The number of aliphatic hydroxyl groups excluding tert-OH is 1. The highest BCUT2D eigenvalue weighted by atomic mass is 28.4. The van der Waals surface area contributed by atoms with E-state index in [1.165, 1.54) is 5.56 Å². The van der Waals surface area contributed by atoms with E-state index >= 15 is 0 Å². The van der Waals surface area contributed by atoms with Crippen molar-refractivity contribution in [1.29, 1.82) is 0 Å². The molecule has 2 fully saturated rings. The second-order valence-corrected chi connectivity index (χ2v) is 15.3. The molecule has 2 nitrogen and oxygen atoms in total. The first-order chi connectivity index (χ1) is 11.1. The Kier molecular flexibility index (Phi) is 4.51. The topological polar surface area (TPSA) is 29.5 Å². The Labute approximate surface area is 148 Å². The van der Waals surface area contributed by atoms with Gasteiger partial charge in [0.2, 0.25) is 8.32 Å². The molecule has 0 spiro atoms. The van der Waals surface area contributed by atoms with Gasteiger partial charge in [-0.1, -0.05) is 71.9 Å². The Morgan fingerprint density at radius 1 is 0.958 bits per heavy atom. The molecule has 0 radical (unpaired) electrons. The summed E-state index contributed by atoms with van der Waals surface area (Å²) in [4.78, 5) is 0. The third-order valence-corrected chi connectivity index (χ3v) is 13.2. The van der Waals surface area contributed by atoms with E-state index in [9.17, 15) is 5.11 Å². The Morgan fingerprint density at radius 3 is 2.08 bits per heavy atom. The minimum Gasteiger partial charge on any atom is -0.415 e. The summed E-state index contributed by atoms with van der Waals surface area (Å²) >= 11 is 0. The Morgan fingerprint density at radius 2 is 1.54 bits per heavy atom. The van der Waals surface area contributed by atoms with Crippen molar-refractivity contribution in [3.05, 3.63) is 35.9 Å². The van der Waals surface area contributed by atoms with Gasteiger partial charge in [0, 0.05) is 12.1 Å². The molecule has 3 heteroatoms. The third-order valence-electron chi connectivity index (χ3n) is 6.56. The van der Waals surface area contributed by atoms with Gasteiger partial charge in [-0.05, 0) is 40.3 Å². The molecule has 1 aromatic rings. The summed E-state index contributed by atoms with van der Waals surface area (Å²) in [6.45, 7) is 15.0. The van der Waals surface area contributed by atoms with E-state index in [2.05, 4.69) is 71.9 Å². The normalized spacial score (nSPS) is 33.3. The molecule has 0 aromatic heterocycles. The van der Waals surface area contributed by atoms with E-state index in [-0.39, 0.29) is 16.2 Å². The highest BCUT2D eigenvalue weighted by molar-refractivity contribution is 6.81. The quantitative estimate of drug-likeness (QED) is 0.702. The zero-order chi connectivity index (χ0) is 17.8. The van der Waals surface area contributed by atoms with Crippen molar-refractivity contribution >= 4 is 8.32 Å². The van der Waals surface area contributed by atoms with Crippen LogP contribution in [0.25, 0.3) is 0 Å². The fourth-order valence-corrected chi connectivity index (χ4v) is 13.3. The van der Waals surface area contributed by atoms with E-state index in [0.717, 1.165) is 19.4 Å². The molecule has 1 N–H and O–H groups in total. The summed E-state index contributed by atoms with van der Waals surface area (Å²) < 4.78 is 6.95. The Bertz CT molecular complexity index is 556. The number of hydrogen-bond acceptors (Lipinski definition) is 2. The molecule has 0 amide bonds. The van der Waals surface area contributed by atoms with Gasteiger partial charge in [-0.25, -0.2) is 0 Å². The molecule has 1 saturated heterocycles. The smallest absolute Gasteiger partial charge is 0.211 e. The van der Waals surface area contributed by atoms with Gasteiger partial charge >= 0.3 is 0 Å². The predicted molar refractivity (Wildman–Crippen MR) is 103 cm³/mol. The zero-order valence-corrected chi connectivity index (χ0v) is 17.2. The molecule has 134 valence electrons. The van der Waals surface area contributed by atoms with E-state index in [0.29, 0.717) is 17.4 Å². The van der Waals surface area contributed by atoms with Crippen LogP contribution < -0.4 is 0 Å². The van der Waals surface area contributed by atoms with Crippen LogP contribution in [0.15, 0.2) is 30.3 Å². The van der Waals surface area contributed by atoms with Crippen molar-refractivity contribution in [2.24, 2.45) is 11.8 Å². The molecular weight excluding hydrogens is 312 g/mol. The average molecular weight is 347 g/mol. The first-order valence-electron chi connectivity index (χ1n) is 9.46. The largest absolute Gasteiger partial charge is 0.415 e. The zero-order valence-electron chi connectivity index (χ0n) is 16.2. The lowest BCUT2D eigenvalue weighted by atomic mass is 9.88. The van der Waals surface area contributed by atoms with Crippen LogP contribution in [0.1, 0.15) is 65.5 Å².